The van der Waals surface area contributed by atoms with Gasteiger partial charge in [-0.1, -0.05) is 17.7 Å². The number of nitrogens with one attached hydrogen (secondary N) is 1. The van der Waals surface area contributed by atoms with Gasteiger partial charge in [0.2, 0.25) is 0 Å². The van der Waals surface area contributed by atoms with Gasteiger partial charge in [-0.05, 0) is 25.1 Å². The topological polar surface area (TPSA) is 55.9 Å². The van der Waals surface area contributed by atoms with Gasteiger partial charge in [-0.3, -0.25) is 4.68 Å². The summed E-state index contributed by atoms with van der Waals surface area (Å²) in [6, 6.07) is 7.57. The van der Waals surface area contributed by atoms with E-state index in [1.165, 1.54) is 0 Å². The third-order valence-electron chi connectivity index (χ3n) is 2.46. The van der Waals surface area contributed by atoms with Crippen LogP contribution in [0.1, 0.15) is 6.92 Å². The van der Waals surface area contributed by atoms with Crippen molar-refractivity contribution in [1.82, 2.24) is 9.78 Å². The summed E-state index contributed by atoms with van der Waals surface area (Å²) in [5, 5.41) is 8.09. The number of benzene rings is 1. The highest BCUT2D eigenvalue weighted by Gasteiger charge is 2.08. The van der Waals surface area contributed by atoms with E-state index in [1.54, 1.807) is 6.20 Å². The second-order valence-electron chi connectivity index (χ2n) is 3.98. The van der Waals surface area contributed by atoms with Crippen LogP contribution in [0.15, 0.2) is 36.7 Å². The molecule has 0 amide bonds. The Labute approximate surface area is 105 Å². The van der Waals surface area contributed by atoms with Crippen LogP contribution in [0.4, 0.5) is 11.4 Å². The van der Waals surface area contributed by atoms with Crippen LogP contribution < -0.4 is 11.1 Å². The molecule has 0 saturated carbocycles. The maximum Gasteiger partial charge on any atom is 0.0765 e. The van der Waals surface area contributed by atoms with Crippen molar-refractivity contribution in [2.45, 2.75) is 19.5 Å². The highest BCUT2D eigenvalue weighted by Crippen LogP contribution is 2.28. The Morgan fingerprint density at radius 2 is 2.29 bits per heavy atom. The van der Waals surface area contributed by atoms with Gasteiger partial charge in [-0.2, -0.15) is 5.10 Å². The number of anilines is 2. The highest BCUT2D eigenvalue weighted by molar-refractivity contribution is 6.33. The summed E-state index contributed by atoms with van der Waals surface area (Å²) in [5.74, 6) is 0. The second-order valence-corrected chi connectivity index (χ2v) is 4.38. The fourth-order valence-electron chi connectivity index (χ4n) is 1.67. The molecule has 3 N–H and O–H groups in total. The van der Waals surface area contributed by atoms with Crippen LogP contribution >= 0.6 is 11.6 Å². The molecule has 0 aliphatic heterocycles. The van der Waals surface area contributed by atoms with Crippen LogP contribution in [-0.2, 0) is 6.54 Å². The third-order valence-corrected chi connectivity index (χ3v) is 2.77. The van der Waals surface area contributed by atoms with Crippen LogP contribution in [0.3, 0.4) is 0 Å². The molecule has 4 nitrogen and oxygen atoms in total. The monoisotopic (exact) mass is 250 g/mol. The Morgan fingerprint density at radius 1 is 1.47 bits per heavy atom. The lowest BCUT2D eigenvalue weighted by Gasteiger charge is -2.17. The molecule has 0 bridgehead atoms. The molecule has 0 spiro atoms. The SMILES string of the molecule is CC(Cn1cccn1)Nc1c(N)cccc1Cl. The van der Waals surface area contributed by atoms with Crippen molar-refractivity contribution < 1.29 is 0 Å². The first-order valence-electron chi connectivity index (χ1n) is 5.45. The summed E-state index contributed by atoms with van der Waals surface area (Å²) in [6.07, 6.45) is 3.69. The minimum atomic E-state index is 0.192. The van der Waals surface area contributed by atoms with E-state index < -0.39 is 0 Å². The maximum absolute atomic E-state index is 6.09. The number of rotatable bonds is 4. The van der Waals surface area contributed by atoms with Crippen LogP contribution in [0.5, 0.6) is 0 Å². The largest absolute Gasteiger partial charge is 0.397 e. The molecule has 2 rings (SSSR count). The van der Waals surface area contributed by atoms with Gasteiger partial charge in [-0.15, -0.1) is 0 Å². The molecule has 0 radical (unpaired) electrons. The number of nitrogens with two attached hydrogens (primary N) is 1. The lowest BCUT2D eigenvalue weighted by Crippen LogP contribution is -2.23. The van der Waals surface area contributed by atoms with E-state index in [0.717, 1.165) is 12.2 Å². The highest BCUT2D eigenvalue weighted by atomic mass is 35.5. The predicted octanol–water partition coefficient (Wildman–Crippen LogP) is 2.62. The summed E-state index contributed by atoms with van der Waals surface area (Å²) in [5.41, 5.74) is 7.32. The Kier molecular flexibility index (Phi) is 3.54. The lowest BCUT2D eigenvalue weighted by molar-refractivity contribution is 0.561. The molecule has 0 aliphatic carbocycles. The number of halogens is 1. The minimum absolute atomic E-state index is 0.192. The molecule has 0 saturated heterocycles. The van der Waals surface area contributed by atoms with Crippen molar-refractivity contribution in [1.29, 1.82) is 0 Å². The first kappa shape index (κ1) is 11.8. The van der Waals surface area contributed by atoms with E-state index in [-0.39, 0.29) is 6.04 Å². The summed E-state index contributed by atoms with van der Waals surface area (Å²) in [6.45, 7) is 2.82. The molecule has 1 aromatic carbocycles. The van der Waals surface area contributed by atoms with Crippen molar-refractivity contribution in [2.75, 3.05) is 11.1 Å². The third kappa shape index (κ3) is 2.91. The van der Waals surface area contributed by atoms with E-state index in [1.807, 2.05) is 35.1 Å². The van der Waals surface area contributed by atoms with E-state index in [9.17, 15) is 0 Å². The fourth-order valence-corrected chi connectivity index (χ4v) is 1.91. The summed E-state index contributed by atoms with van der Waals surface area (Å²) < 4.78 is 1.87. The van der Waals surface area contributed by atoms with Crippen molar-refractivity contribution in [2.24, 2.45) is 0 Å². The molecule has 0 fully saturated rings. The molecule has 1 unspecified atom stereocenters. The normalized spacial score (nSPS) is 12.4. The van der Waals surface area contributed by atoms with Crippen molar-refractivity contribution >= 4 is 23.0 Å². The molecule has 2 aromatic rings. The van der Waals surface area contributed by atoms with E-state index in [4.69, 9.17) is 17.3 Å². The second kappa shape index (κ2) is 5.10. The van der Waals surface area contributed by atoms with Gasteiger partial charge in [0.25, 0.3) is 0 Å². The van der Waals surface area contributed by atoms with Crippen LogP contribution in [0.2, 0.25) is 5.02 Å². The van der Waals surface area contributed by atoms with Crippen molar-refractivity contribution in [3.05, 3.63) is 41.7 Å². The maximum atomic E-state index is 6.09. The number of hydrogen-bond acceptors (Lipinski definition) is 3. The van der Waals surface area contributed by atoms with E-state index in [0.29, 0.717) is 10.7 Å². The summed E-state index contributed by atoms with van der Waals surface area (Å²) >= 11 is 6.09. The first-order valence-corrected chi connectivity index (χ1v) is 5.82. The molecule has 5 heteroatoms. The Morgan fingerprint density at radius 3 is 2.94 bits per heavy atom. The van der Waals surface area contributed by atoms with Gasteiger partial charge in [0.1, 0.15) is 0 Å². The van der Waals surface area contributed by atoms with Crippen LogP contribution in [-0.4, -0.2) is 15.8 Å². The standard InChI is InChI=1S/C12H15ClN4/c1-9(8-17-7-3-6-15-17)16-12-10(13)4-2-5-11(12)14/h2-7,9,16H,8,14H2,1H3. The van der Waals surface area contributed by atoms with Gasteiger partial charge in [0, 0.05) is 18.4 Å². The number of para-hydroxylation sites is 1. The molecule has 1 atom stereocenters. The van der Waals surface area contributed by atoms with Gasteiger partial charge < -0.3 is 11.1 Å². The summed E-state index contributed by atoms with van der Waals surface area (Å²) in [4.78, 5) is 0. The summed E-state index contributed by atoms with van der Waals surface area (Å²) in [7, 11) is 0. The minimum Gasteiger partial charge on any atom is -0.397 e. The average Bonchev–Trinajstić information content (AvgIpc) is 2.76. The molecule has 0 aliphatic rings. The molecule has 1 aromatic heterocycles. The van der Waals surface area contributed by atoms with E-state index >= 15 is 0 Å². The molecule has 90 valence electrons. The number of hydrogen-bond donors (Lipinski definition) is 2. The van der Waals surface area contributed by atoms with Gasteiger partial charge >= 0.3 is 0 Å². The smallest absolute Gasteiger partial charge is 0.0765 e. The quantitative estimate of drug-likeness (QED) is 0.821. The zero-order valence-electron chi connectivity index (χ0n) is 9.60. The van der Waals surface area contributed by atoms with Gasteiger partial charge in [0.05, 0.1) is 22.9 Å². The van der Waals surface area contributed by atoms with Gasteiger partial charge in [-0.25, -0.2) is 0 Å². The Hall–Kier alpha value is -1.68. The molecule has 17 heavy (non-hydrogen) atoms. The predicted molar refractivity (Wildman–Crippen MR) is 71.2 cm³/mol. The van der Waals surface area contributed by atoms with Crippen molar-refractivity contribution in [3.8, 4) is 0 Å². The fraction of sp³-hybridized carbons (Fsp3) is 0.250. The van der Waals surface area contributed by atoms with Crippen molar-refractivity contribution in [3.63, 3.8) is 0 Å². The Balaban J connectivity index is 2.05. The number of aromatic nitrogens is 2. The number of nitrogen functional groups attached to an aromatic ring is 1. The molecule has 1 heterocycles. The average molecular weight is 251 g/mol. The molecular weight excluding hydrogens is 236 g/mol. The van der Waals surface area contributed by atoms with Crippen LogP contribution in [0.25, 0.3) is 0 Å². The van der Waals surface area contributed by atoms with Crippen LogP contribution in [0, 0.1) is 0 Å². The zero-order valence-corrected chi connectivity index (χ0v) is 10.4. The first-order chi connectivity index (χ1) is 8.16. The van der Waals surface area contributed by atoms with E-state index in [2.05, 4.69) is 17.3 Å². The van der Waals surface area contributed by atoms with Gasteiger partial charge in [0.15, 0.2) is 0 Å². The lowest BCUT2D eigenvalue weighted by atomic mass is 10.2. The molecular formula is C12H15ClN4. The Bertz CT molecular complexity index is 461. The zero-order chi connectivity index (χ0) is 12.3. The number of nitrogens with zero attached hydrogens (tertiary/aromatic N) is 2.